The van der Waals surface area contributed by atoms with Crippen LogP contribution in [-0.4, -0.2) is 11.9 Å². The lowest BCUT2D eigenvalue weighted by Crippen LogP contribution is -2.24. The second-order valence-electron chi connectivity index (χ2n) is 5.64. The Labute approximate surface area is 107 Å². The summed E-state index contributed by atoms with van der Waals surface area (Å²) < 4.78 is 6.08. The number of nitrogens with two attached hydrogens (primary N) is 1. The second kappa shape index (κ2) is 4.30. The number of rotatable bonds is 3. The number of hydrogen-bond acceptors (Lipinski definition) is 3. The van der Waals surface area contributed by atoms with Crippen LogP contribution in [0.3, 0.4) is 0 Å². The number of carbonyl (C=O) groups excluding carboxylic acids is 1. The molecule has 0 aromatic heterocycles. The summed E-state index contributed by atoms with van der Waals surface area (Å²) in [5, 5.41) is 0. The van der Waals surface area contributed by atoms with E-state index in [1.165, 1.54) is 19.3 Å². The highest BCUT2D eigenvalue weighted by molar-refractivity contribution is 5.97. The van der Waals surface area contributed by atoms with E-state index in [1.807, 2.05) is 6.07 Å². The monoisotopic (exact) mass is 245 g/mol. The molecule has 96 valence electrons. The molecule has 1 aromatic carbocycles. The molecule has 0 aliphatic heterocycles. The van der Waals surface area contributed by atoms with Crippen LogP contribution in [-0.2, 0) is 0 Å². The van der Waals surface area contributed by atoms with Crippen molar-refractivity contribution in [2.24, 2.45) is 11.8 Å². The quantitative estimate of drug-likeness (QED) is 0.657. The minimum Gasteiger partial charge on any atom is -0.489 e. The van der Waals surface area contributed by atoms with Gasteiger partial charge in [-0.15, -0.1) is 0 Å². The van der Waals surface area contributed by atoms with Crippen LogP contribution in [0.1, 0.15) is 43.0 Å². The van der Waals surface area contributed by atoms with E-state index < -0.39 is 0 Å². The summed E-state index contributed by atoms with van der Waals surface area (Å²) >= 11 is 0. The first kappa shape index (κ1) is 11.6. The molecule has 0 amide bonds. The molecule has 2 bridgehead atoms. The molecular formula is C15H19NO2. The zero-order chi connectivity index (χ0) is 12.7. The normalized spacial score (nSPS) is 29.5. The van der Waals surface area contributed by atoms with Gasteiger partial charge in [0.05, 0.1) is 5.56 Å². The maximum Gasteiger partial charge on any atom is 0.163 e. The van der Waals surface area contributed by atoms with E-state index in [-0.39, 0.29) is 5.78 Å². The SMILES string of the molecule is CC(=O)c1cc(N)ccc1OC1CC2CCC1C2. The molecule has 3 rings (SSSR count). The van der Waals surface area contributed by atoms with Gasteiger partial charge in [-0.3, -0.25) is 4.79 Å². The van der Waals surface area contributed by atoms with Gasteiger partial charge in [0.2, 0.25) is 0 Å². The zero-order valence-electron chi connectivity index (χ0n) is 10.7. The van der Waals surface area contributed by atoms with Gasteiger partial charge in [0.15, 0.2) is 5.78 Å². The van der Waals surface area contributed by atoms with E-state index in [2.05, 4.69) is 0 Å². The largest absolute Gasteiger partial charge is 0.489 e. The highest BCUT2D eigenvalue weighted by atomic mass is 16.5. The van der Waals surface area contributed by atoms with Crippen molar-refractivity contribution < 1.29 is 9.53 Å². The minimum atomic E-state index is 0.0143. The molecule has 1 aromatic rings. The Morgan fingerprint density at radius 1 is 1.33 bits per heavy atom. The molecule has 3 nitrogen and oxygen atoms in total. The molecule has 2 aliphatic carbocycles. The van der Waals surface area contributed by atoms with Crippen molar-refractivity contribution in [2.45, 2.75) is 38.7 Å². The highest BCUT2D eigenvalue weighted by Crippen LogP contribution is 2.46. The van der Waals surface area contributed by atoms with Gasteiger partial charge in [-0.1, -0.05) is 0 Å². The molecule has 0 heterocycles. The number of ketones is 1. The fraction of sp³-hybridized carbons (Fsp3) is 0.533. The van der Waals surface area contributed by atoms with Crippen LogP contribution in [0.5, 0.6) is 5.75 Å². The maximum atomic E-state index is 11.6. The van der Waals surface area contributed by atoms with Crippen LogP contribution < -0.4 is 10.5 Å². The third kappa shape index (κ3) is 1.98. The molecule has 2 fully saturated rings. The van der Waals surface area contributed by atoms with Crippen LogP contribution in [0.25, 0.3) is 0 Å². The summed E-state index contributed by atoms with van der Waals surface area (Å²) in [6, 6.07) is 5.35. The number of Topliss-reactive ketones (excluding diaryl/α,β-unsaturated/α-hetero) is 1. The van der Waals surface area contributed by atoms with Gasteiger partial charge >= 0.3 is 0 Å². The lowest BCUT2D eigenvalue weighted by Gasteiger charge is -2.24. The van der Waals surface area contributed by atoms with Crippen molar-refractivity contribution in [3.63, 3.8) is 0 Å². The number of carbonyl (C=O) groups is 1. The van der Waals surface area contributed by atoms with E-state index in [1.54, 1.807) is 19.1 Å². The summed E-state index contributed by atoms with van der Waals surface area (Å²) in [6.07, 6.45) is 5.37. The summed E-state index contributed by atoms with van der Waals surface area (Å²) in [5.41, 5.74) is 6.95. The Morgan fingerprint density at radius 2 is 2.17 bits per heavy atom. The summed E-state index contributed by atoms with van der Waals surface area (Å²) in [5.74, 6) is 2.25. The molecule has 2 N–H and O–H groups in total. The van der Waals surface area contributed by atoms with Crippen molar-refractivity contribution in [2.75, 3.05) is 5.73 Å². The van der Waals surface area contributed by atoms with Gasteiger partial charge in [0.25, 0.3) is 0 Å². The van der Waals surface area contributed by atoms with E-state index in [0.717, 1.165) is 12.3 Å². The first-order valence-corrected chi connectivity index (χ1v) is 6.70. The summed E-state index contributed by atoms with van der Waals surface area (Å²) in [7, 11) is 0. The Hall–Kier alpha value is -1.51. The zero-order valence-corrected chi connectivity index (χ0v) is 10.7. The number of fused-ring (bicyclic) bond motifs is 2. The topological polar surface area (TPSA) is 52.3 Å². The summed E-state index contributed by atoms with van der Waals surface area (Å²) in [6.45, 7) is 1.56. The van der Waals surface area contributed by atoms with E-state index in [4.69, 9.17) is 10.5 Å². The molecule has 0 spiro atoms. The average Bonchev–Trinajstić information content (AvgIpc) is 2.93. The molecular weight excluding hydrogens is 226 g/mol. The number of nitrogen functional groups attached to an aromatic ring is 1. The number of benzene rings is 1. The Kier molecular flexibility index (Phi) is 2.77. The number of anilines is 1. The third-order valence-corrected chi connectivity index (χ3v) is 4.33. The highest BCUT2D eigenvalue weighted by Gasteiger charge is 2.41. The van der Waals surface area contributed by atoms with Crippen LogP contribution in [0, 0.1) is 11.8 Å². The molecule has 3 unspecified atom stereocenters. The van der Waals surface area contributed by atoms with Crippen molar-refractivity contribution >= 4 is 11.5 Å². The van der Waals surface area contributed by atoms with Crippen LogP contribution in [0.4, 0.5) is 5.69 Å². The standard InChI is InChI=1S/C15H19NO2/c1-9(17)13-8-12(16)4-5-14(13)18-15-7-10-2-3-11(15)6-10/h4-5,8,10-11,15H,2-3,6-7,16H2,1H3. The second-order valence-corrected chi connectivity index (χ2v) is 5.64. The van der Waals surface area contributed by atoms with E-state index in [0.29, 0.717) is 29.0 Å². The molecule has 0 saturated heterocycles. The Balaban J connectivity index is 1.82. The van der Waals surface area contributed by atoms with Crippen LogP contribution >= 0.6 is 0 Å². The molecule has 2 saturated carbocycles. The Morgan fingerprint density at radius 3 is 2.78 bits per heavy atom. The first-order chi connectivity index (χ1) is 8.63. The average molecular weight is 245 g/mol. The molecule has 2 aliphatic rings. The molecule has 3 atom stereocenters. The predicted molar refractivity (Wildman–Crippen MR) is 70.7 cm³/mol. The number of hydrogen-bond donors (Lipinski definition) is 1. The molecule has 18 heavy (non-hydrogen) atoms. The Bertz CT molecular complexity index is 483. The van der Waals surface area contributed by atoms with Gasteiger partial charge < -0.3 is 10.5 Å². The van der Waals surface area contributed by atoms with Crippen LogP contribution in [0.15, 0.2) is 18.2 Å². The van der Waals surface area contributed by atoms with Crippen molar-refractivity contribution in [1.82, 2.24) is 0 Å². The van der Waals surface area contributed by atoms with Gasteiger partial charge in [-0.25, -0.2) is 0 Å². The smallest absolute Gasteiger partial charge is 0.163 e. The first-order valence-electron chi connectivity index (χ1n) is 6.70. The van der Waals surface area contributed by atoms with Gasteiger partial charge in [0, 0.05) is 5.69 Å². The molecule has 3 heteroatoms. The third-order valence-electron chi connectivity index (χ3n) is 4.33. The minimum absolute atomic E-state index is 0.0143. The predicted octanol–water partition coefficient (Wildman–Crippen LogP) is 3.04. The summed E-state index contributed by atoms with van der Waals surface area (Å²) in [4.78, 5) is 11.6. The van der Waals surface area contributed by atoms with Gasteiger partial charge in [-0.2, -0.15) is 0 Å². The van der Waals surface area contributed by atoms with Gasteiger partial charge in [-0.05, 0) is 62.6 Å². The maximum absolute atomic E-state index is 11.6. The van der Waals surface area contributed by atoms with Crippen molar-refractivity contribution in [3.8, 4) is 5.75 Å². The van der Waals surface area contributed by atoms with Crippen molar-refractivity contribution in [3.05, 3.63) is 23.8 Å². The van der Waals surface area contributed by atoms with Gasteiger partial charge in [0.1, 0.15) is 11.9 Å². The van der Waals surface area contributed by atoms with Crippen molar-refractivity contribution in [1.29, 1.82) is 0 Å². The fourth-order valence-corrected chi connectivity index (χ4v) is 3.42. The lowest BCUT2D eigenvalue weighted by atomic mass is 9.97. The van der Waals surface area contributed by atoms with Crippen LogP contribution in [0.2, 0.25) is 0 Å². The number of ether oxygens (including phenoxy) is 1. The fourth-order valence-electron chi connectivity index (χ4n) is 3.42. The molecule has 0 radical (unpaired) electrons. The van der Waals surface area contributed by atoms with E-state index in [9.17, 15) is 4.79 Å². The lowest BCUT2D eigenvalue weighted by molar-refractivity contribution is 0.0996. The van der Waals surface area contributed by atoms with E-state index >= 15 is 0 Å².